The highest BCUT2D eigenvalue weighted by molar-refractivity contribution is 5.94. The molecule has 1 aliphatic heterocycles. The van der Waals surface area contributed by atoms with Gasteiger partial charge in [-0.3, -0.25) is 19.7 Å². The summed E-state index contributed by atoms with van der Waals surface area (Å²) in [5.74, 6) is 0.202. The molecule has 0 N–H and O–H groups in total. The van der Waals surface area contributed by atoms with E-state index in [1.165, 1.54) is 24.3 Å². The highest BCUT2D eigenvalue weighted by Crippen LogP contribution is 2.17. The Morgan fingerprint density at radius 2 is 1.72 bits per heavy atom. The Morgan fingerprint density at radius 3 is 2.41 bits per heavy atom. The maximum Gasteiger partial charge on any atom is 0.269 e. The monoisotopic (exact) mass is 397 g/mol. The Bertz CT molecular complexity index is 897. The van der Waals surface area contributed by atoms with Gasteiger partial charge in [-0.25, -0.2) is 0 Å². The van der Waals surface area contributed by atoms with Gasteiger partial charge in [-0.2, -0.15) is 0 Å². The van der Waals surface area contributed by atoms with Gasteiger partial charge in [0.05, 0.1) is 4.92 Å². The maximum absolute atomic E-state index is 12.7. The molecule has 2 aromatic rings. The summed E-state index contributed by atoms with van der Waals surface area (Å²) in [7, 11) is 0. The van der Waals surface area contributed by atoms with Crippen molar-refractivity contribution in [1.29, 1.82) is 0 Å². The molecule has 2 amide bonds. The van der Waals surface area contributed by atoms with E-state index in [4.69, 9.17) is 4.74 Å². The number of carbonyl (C=O) groups excluding carboxylic acids is 2. The Morgan fingerprint density at radius 1 is 1.03 bits per heavy atom. The van der Waals surface area contributed by atoms with E-state index in [0.29, 0.717) is 43.9 Å². The zero-order valence-electron chi connectivity index (χ0n) is 16.2. The lowest BCUT2D eigenvalue weighted by Crippen LogP contribution is -2.39. The Hall–Kier alpha value is -3.42. The van der Waals surface area contributed by atoms with Crippen molar-refractivity contribution in [3.05, 3.63) is 69.8 Å². The predicted molar refractivity (Wildman–Crippen MR) is 107 cm³/mol. The van der Waals surface area contributed by atoms with Crippen LogP contribution in [-0.4, -0.2) is 59.3 Å². The van der Waals surface area contributed by atoms with E-state index in [2.05, 4.69) is 0 Å². The maximum atomic E-state index is 12.7. The minimum atomic E-state index is -0.490. The van der Waals surface area contributed by atoms with Gasteiger partial charge in [-0.05, 0) is 37.6 Å². The lowest BCUT2D eigenvalue weighted by atomic mass is 10.1. The molecule has 0 radical (unpaired) electrons. The van der Waals surface area contributed by atoms with E-state index in [0.717, 1.165) is 5.56 Å². The molecule has 8 nitrogen and oxygen atoms in total. The van der Waals surface area contributed by atoms with Crippen molar-refractivity contribution in [2.24, 2.45) is 0 Å². The normalized spacial score (nSPS) is 14.2. The average Bonchev–Trinajstić information content (AvgIpc) is 2.98. The Balaban J connectivity index is 1.52. The average molecular weight is 397 g/mol. The second-order valence-corrected chi connectivity index (χ2v) is 6.94. The minimum absolute atomic E-state index is 0.0230. The molecule has 3 rings (SSSR count). The number of nitrogens with zero attached hydrogens (tertiary/aromatic N) is 3. The van der Waals surface area contributed by atoms with Crippen LogP contribution in [0.5, 0.6) is 5.75 Å². The number of rotatable bonds is 5. The largest absolute Gasteiger partial charge is 0.484 e. The first-order valence-electron chi connectivity index (χ1n) is 9.45. The van der Waals surface area contributed by atoms with Crippen molar-refractivity contribution < 1.29 is 19.2 Å². The number of amides is 2. The van der Waals surface area contributed by atoms with Crippen molar-refractivity contribution in [1.82, 2.24) is 9.80 Å². The fraction of sp³-hybridized carbons (Fsp3) is 0.333. The third-order valence-corrected chi connectivity index (χ3v) is 4.81. The summed E-state index contributed by atoms with van der Waals surface area (Å²) < 4.78 is 5.46. The Labute approximate surface area is 168 Å². The Kier molecular flexibility index (Phi) is 6.43. The van der Waals surface area contributed by atoms with E-state index in [-0.39, 0.29) is 24.1 Å². The van der Waals surface area contributed by atoms with Gasteiger partial charge >= 0.3 is 0 Å². The van der Waals surface area contributed by atoms with Crippen LogP contribution in [-0.2, 0) is 4.79 Å². The second kappa shape index (κ2) is 9.18. The summed E-state index contributed by atoms with van der Waals surface area (Å²) in [5.41, 5.74) is 1.66. The van der Waals surface area contributed by atoms with Crippen LogP contribution in [0.25, 0.3) is 0 Å². The van der Waals surface area contributed by atoms with Gasteiger partial charge in [-0.15, -0.1) is 0 Å². The van der Waals surface area contributed by atoms with Crippen LogP contribution in [0.15, 0.2) is 48.5 Å². The standard InChI is InChI=1S/C21H23N3O5/c1-16-4-2-5-17(14-16)21(26)23-11-3-10-22(12-13-23)20(25)15-29-19-8-6-18(7-9-19)24(27)28/h2,4-9,14H,3,10-13,15H2,1H3. The molecule has 2 aromatic carbocycles. The van der Waals surface area contributed by atoms with Gasteiger partial charge in [0.15, 0.2) is 6.61 Å². The number of carbonyl (C=O) groups is 2. The van der Waals surface area contributed by atoms with Crippen LogP contribution in [0.4, 0.5) is 5.69 Å². The summed E-state index contributed by atoms with van der Waals surface area (Å²) >= 11 is 0. The van der Waals surface area contributed by atoms with Gasteiger partial charge < -0.3 is 14.5 Å². The highest BCUT2D eigenvalue weighted by atomic mass is 16.6. The molecule has 0 spiro atoms. The molecule has 1 fully saturated rings. The van der Waals surface area contributed by atoms with Gasteiger partial charge in [0.25, 0.3) is 17.5 Å². The summed E-state index contributed by atoms with van der Waals surface area (Å²) in [6.07, 6.45) is 0.695. The molecule has 0 aromatic heterocycles. The topological polar surface area (TPSA) is 93.0 Å². The van der Waals surface area contributed by atoms with E-state index in [1.807, 2.05) is 25.1 Å². The van der Waals surface area contributed by atoms with Crippen LogP contribution >= 0.6 is 0 Å². The number of hydrogen-bond acceptors (Lipinski definition) is 5. The third-order valence-electron chi connectivity index (χ3n) is 4.81. The molecular weight excluding hydrogens is 374 g/mol. The van der Waals surface area contributed by atoms with Crippen molar-refractivity contribution in [3.63, 3.8) is 0 Å². The number of benzene rings is 2. The molecule has 0 atom stereocenters. The summed E-state index contributed by atoms with van der Waals surface area (Å²) in [4.78, 5) is 38.8. The molecule has 8 heteroatoms. The summed E-state index contributed by atoms with van der Waals surface area (Å²) in [6.45, 7) is 3.87. The van der Waals surface area contributed by atoms with Crippen LogP contribution in [0.3, 0.4) is 0 Å². The minimum Gasteiger partial charge on any atom is -0.484 e. The number of nitro benzene ring substituents is 1. The first-order chi connectivity index (χ1) is 13.9. The van der Waals surface area contributed by atoms with Crippen molar-refractivity contribution in [2.45, 2.75) is 13.3 Å². The number of ether oxygens (including phenoxy) is 1. The van der Waals surface area contributed by atoms with Crippen LogP contribution in [0.2, 0.25) is 0 Å². The van der Waals surface area contributed by atoms with Gasteiger partial charge in [0.2, 0.25) is 0 Å². The van der Waals surface area contributed by atoms with Gasteiger partial charge in [-0.1, -0.05) is 17.7 Å². The third kappa shape index (κ3) is 5.31. The van der Waals surface area contributed by atoms with E-state index in [1.54, 1.807) is 15.9 Å². The fourth-order valence-corrected chi connectivity index (χ4v) is 3.23. The van der Waals surface area contributed by atoms with E-state index in [9.17, 15) is 19.7 Å². The second-order valence-electron chi connectivity index (χ2n) is 6.94. The van der Waals surface area contributed by atoms with Gasteiger partial charge in [0, 0.05) is 43.9 Å². The van der Waals surface area contributed by atoms with Crippen molar-refractivity contribution in [2.75, 3.05) is 32.8 Å². The number of aryl methyl sites for hydroxylation is 1. The highest BCUT2D eigenvalue weighted by Gasteiger charge is 2.23. The first-order valence-corrected chi connectivity index (χ1v) is 9.45. The number of hydrogen-bond donors (Lipinski definition) is 0. The van der Waals surface area contributed by atoms with Crippen LogP contribution in [0.1, 0.15) is 22.3 Å². The predicted octanol–water partition coefficient (Wildman–Crippen LogP) is 2.66. The molecule has 1 heterocycles. The lowest BCUT2D eigenvalue weighted by Gasteiger charge is -2.22. The first kappa shape index (κ1) is 20.3. The molecule has 1 saturated heterocycles. The molecule has 29 heavy (non-hydrogen) atoms. The molecule has 152 valence electrons. The summed E-state index contributed by atoms with van der Waals surface area (Å²) in [5, 5.41) is 10.7. The number of nitro groups is 1. The van der Waals surface area contributed by atoms with Crippen molar-refractivity contribution >= 4 is 17.5 Å². The fourth-order valence-electron chi connectivity index (χ4n) is 3.23. The smallest absolute Gasteiger partial charge is 0.269 e. The van der Waals surface area contributed by atoms with E-state index < -0.39 is 4.92 Å². The quantitative estimate of drug-likeness (QED) is 0.571. The number of non-ortho nitro benzene ring substituents is 1. The summed E-state index contributed by atoms with van der Waals surface area (Å²) in [6, 6.07) is 13.1. The molecule has 0 bridgehead atoms. The SMILES string of the molecule is Cc1cccc(C(=O)N2CCCN(C(=O)COc3ccc([N+](=O)[O-])cc3)CC2)c1. The lowest BCUT2D eigenvalue weighted by molar-refractivity contribution is -0.384. The zero-order chi connectivity index (χ0) is 20.8. The van der Waals surface area contributed by atoms with Crippen molar-refractivity contribution in [3.8, 4) is 5.75 Å². The zero-order valence-corrected chi connectivity index (χ0v) is 16.2. The van der Waals surface area contributed by atoms with Crippen LogP contribution < -0.4 is 4.74 Å². The van der Waals surface area contributed by atoms with Gasteiger partial charge in [0.1, 0.15) is 5.75 Å². The molecule has 0 saturated carbocycles. The molecule has 0 unspecified atom stereocenters. The van der Waals surface area contributed by atoms with Crippen LogP contribution in [0, 0.1) is 17.0 Å². The molecule has 0 aliphatic carbocycles. The molecular formula is C21H23N3O5. The molecule has 1 aliphatic rings. The van der Waals surface area contributed by atoms with E-state index >= 15 is 0 Å².